The average molecular weight is 303 g/mol. The van der Waals surface area contributed by atoms with Gasteiger partial charge in [-0.25, -0.2) is 4.39 Å². The molecule has 0 saturated carbocycles. The Kier molecular flexibility index (Phi) is 5.63. The number of rotatable bonds is 6. The molecule has 0 radical (unpaired) electrons. The quantitative estimate of drug-likeness (QED) is 0.765. The molecule has 116 valence electrons. The molecule has 22 heavy (non-hydrogen) atoms. The number of benzene rings is 2. The van der Waals surface area contributed by atoms with Crippen LogP contribution in [0.15, 0.2) is 54.6 Å². The van der Waals surface area contributed by atoms with Gasteiger partial charge in [-0.15, -0.1) is 0 Å². The van der Waals surface area contributed by atoms with Crippen LogP contribution in [0.3, 0.4) is 0 Å². The second-order valence-electron chi connectivity index (χ2n) is 4.99. The minimum absolute atomic E-state index is 0.202. The average Bonchev–Trinajstić information content (AvgIpc) is 2.53. The Hall–Kier alpha value is -2.24. The van der Waals surface area contributed by atoms with E-state index in [1.165, 1.54) is 18.2 Å². The van der Waals surface area contributed by atoms with E-state index >= 15 is 0 Å². The summed E-state index contributed by atoms with van der Waals surface area (Å²) in [4.78, 5) is 12.0. The number of hydrogen-bond donors (Lipinski definition) is 3. The Balaban J connectivity index is 1.97. The van der Waals surface area contributed by atoms with E-state index in [0.29, 0.717) is 5.56 Å². The van der Waals surface area contributed by atoms with Crippen LogP contribution >= 0.6 is 0 Å². The van der Waals surface area contributed by atoms with Crippen LogP contribution in [0, 0.1) is 5.82 Å². The van der Waals surface area contributed by atoms with Crippen molar-refractivity contribution in [3.63, 3.8) is 0 Å². The predicted molar refractivity (Wildman–Crippen MR) is 80.4 cm³/mol. The number of carbonyl (C=O) groups is 1. The van der Waals surface area contributed by atoms with Crippen molar-refractivity contribution in [3.05, 3.63) is 71.5 Å². The highest BCUT2D eigenvalue weighted by Gasteiger charge is 2.17. The Bertz CT molecular complexity index is 618. The normalized spacial score (nSPS) is 13.4. The molecule has 0 unspecified atom stereocenters. The minimum Gasteiger partial charge on any atom is -0.394 e. The second kappa shape index (κ2) is 7.68. The van der Waals surface area contributed by atoms with Gasteiger partial charge in [-0.3, -0.25) is 4.79 Å². The highest BCUT2D eigenvalue weighted by molar-refractivity contribution is 5.77. The second-order valence-corrected chi connectivity index (χ2v) is 4.99. The highest BCUT2D eigenvalue weighted by atomic mass is 19.1. The lowest BCUT2D eigenvalue weighted by atomic mass is 10.0. The molecule has 1 amide bonds. The molecule has 0 fully saturated rings. The summed E-state index contributed by atoms with van der Waals surface area (Å²) in [5, 5.41) is 22.0. The first-order chi connectivity index (χ1) is 10.6. The molecule has 0 spiro atoms. The van der Waals surface area contributed by atoms with Crippen molar-refractivity contribution in [3.8, 4) is 0 Å². The third kappa shape index (κ3) is 4.38. The van der Waals surface area contributed by atoms with Gasteiger partial charge in [0.2, 0.25) is 5.91 Å². The molecule has 0 bridgehead atoms. The molecule has 4 nitrogen and oxygen atoms in total. The standard InChI is InChI=1S/C17H18FNO3/c18-14-8-4-7-13(9-14)16(21)10-17(22)19-15(11-20)12-5-2-1-3-6-12/h1-9,15-16,20-21H,10-11H2,(H,19,22)/t15-,16-/m0/s1. The van der Waals surface area contributed by atoms with Crippen molar-refractivity contribution in [2.75, 3.05) is 6.61 Å². The molecule has 0 aliphatic rings. The van der Waals surface area contributed by atoms with Gasteiger partial charge in [0.25, 0.3) is 0 Å². The van der Waals surface area contributed by atoms with Gasteiger partial charge in [-0.05, 0) is 23.3 Å². The fourth-order valence-corrected chi connectivity index (χ4v) is 2.18. The Morgan fingerprint density at radius 2 is 1.77 bits per heavy atom. The van der Waals surface area contributed by atoms with Gasteiger partial charge in [-0.1, -0.05) is 42.5 Å². The summed E-state index contributed by atoms with van der Waals surface area (Å²) < 4.78 is 13.1. The van der Waals surface area contributed by atoms with E-state index in [1.807, 2.05) is 18.2 Å². The Labute approximate surface area is 128 Å². The van der Waals surface area contributed by atoms with Crippen LogP contribution in [0.4, 0.5) is 4.39 Å². The third-order valence-corrected chi connectivity index (χ3v) is 3.33. The van der Waals surface area contributed by atoms with E-state index in [4.69, 9.17) is 0 Å². The Morgan fingerprint density at radius 1 is 1.09 bits per heavy atom. The SMILES string of the molecule is O=C(C[C@H](O)c1cccc(F)c1)N[C@@H](CO)c1ccccc1. The number of carbonyl (C=O) groups excluding carboxylic acids is 1. The molecule has 0 aromatic heterocycles. The molecule has 5 heteroatoms. The lowest BCUT2D eigenvalue weighted by Gasteiger charge is -2.18. The summed E-state index contributed by atoms with van der Waals surface area (Å²) in [6, 6.07) is 14.0. The molecule has 0 saturated heterocycles. The van der Waals surface area contributed by atoms with E-state index in [9.17, 15) is 19.4 Å². The maximum atomic E-state index is 13.1. The zero-order chi connectivity index (χ0) is 15.9. The number of aliphatic hydroxyl groups is 2. The number of halogens is 1. The van der Waals surface area contributed by atoms with Crippen LogP contribution in [0.1, 0.15) is 29.7 Å². The van der Waals surface area contributed by atoms with Gasteiger partial charge in [0, 0.05) is 0 Å². The van der Waals surface area contributed by atoms with Crippen LogP contribution in [0.2, 0.25) is 0 Å². The summed E-state index contributed by atoms with van der Waals surface area (Å²) in [6.07, 6.45) is -1.29. The van der Waals surface area contributed by atoms with E-state index in [2.05, 4.69) is 5.32 Å². The lowest BCUT2D eigenvalue weighted by Crippen LogP contribution is -2.31. The van der Waals surface area contributed by atoms with Crippen molar-refractivity contribution < 1.29 is 19.4 Å². The summed E-state index contributed by atoms with van der Waals surface area (Å²) >= 11 is 0. The van der Waals surface area contributed by atoms with Gasteiger partial charge in [0.1, 0.15) is 5.82 Å². The fourth-order valence-electron chi connectivity index (χ4n) is 2.18. The van der Waals surface area contributed by atoms with Crippen molar-refractivity contribution in [1.82, 2.24) is 5.32 Å². The summed E-state index contributed by atoms with van der Waals surface area (Å²) in [7, 11) is 0. The number of nitrogens with one attached hydrogen (secondary N) is 1. The maximum absolute atomic E-state index is 13.1. The molecule has 3 N–H and O–H groups in total. The number of aliphatic hydroxyl groups excluding tert-OH is 2. The lowest BCUT2D eigenvalue weighted by molar-refractivity contribution is -0.124. The topological polar surface area (TPSA) is 69.6 Å². The van der Waals surface area contributed by atoms with Crippen LogP contribution in [0.5, 0.6) is 0 Å². The third-order valence-electron chi connectivity index (χ3n) is 3.33. The molecule has 0 aliphatic heterocycles. The zero-order valence-electron chi connectivity index (χ0n) is 11.9. The first kappa shape index (κ1) is 16.1. The van der Waals surface area contributed by atoms with Gasteiger partial charge in [-0.2, -0.15) is 0 Å². The van der Waals surface area contributed by atoms with E-state index in [1.54, 1.807) is 18.2 Å². The van der Waals surface area contributed by atoms with E-state index < -0.39 is 23.9 Å². The molecule has 2 aromatic rings. The monoisotopic (exact) mass is 303 g/mol. The minimum atomic E-state index is -1.09. The molecule has 2 atom stereocenters. The first-order valence-corrected chi connectivity index (χ1v) is 6.99. The number of amides is 1. The molecule has 0 aliphatic carbocycles. The predicted octanol–water partition coefficient (Wildman–Crippen LogP) is 2.10. The molecular formula is C17H18FNO3. The van der Waals surface area contributed by atoms with Gasteiger partial charge in [0.05, 0.1) is 25.2 Å². The smallest absolute Gasteiger partial charge is 0.223 e. The van der Waals surface area contributed by atoms with Crippen LogP contribution in [0.25, 0.3) is 0 Å². The first-order valence-electron chi connectivity index (χ1n) is 6.99. The highest BCUT2D eigenvalue weighted by Crippen LogP contribution is 2.18. The summed E-state index contributed by atoms with van der Waals surface area (Å²) in [5.41, 5.74) is 1.12. The fraction of sp³-hybridized carbons (Fsp3) is 0.235. The molecule has 2 aromatic carbocycles. The zero-order valence-corrected chi connectivity index (χ0v) is 11.9. The van der Waals surface area contributed by atoms with Gasteiger partial charge in [0.15, 0.2) is 0 Å². The largest absolute Gasteiger partial charge is 0.394 e. The molecule has 2 rings (SSSR count). The molecule has 0 heterocycles. The van der Waals surface area contributed by atoms with Crippen LogP contribution in [-0.4, -0.2) is 22.7 Å². The number of hydrogen-bond acceptors (Lipinski definition) is 3. The van der Waals surface area contributed by atoms with Gasteiger partial charge >= 0.3 is 0 Å². The van der Waals surface area contributed by atoms with E-state index in [-0.39, 0.29) is 13.0 Å². The van der Waals surface area contributed by atoms with Crippen molar-refractivity contribution in [1.29, 1.82) is 0 Å². The summed E-state index contributed by atoms with van der Waals surface area (Å²) in [5.74, 6) is -0.880. The molecular weight excluding hydrogens is 285 g/mol. The van der Waals surface area contributed by atoms with Gasteiger partial charge < -0.3 is 15.5 Å². The van der Waals surface area contributed by atoms with Crippen LogP contribution in [-0.2, 0) is 4.79 Å². The summed E-state index contributed by atoms with van der Waals surface area (Å²) in [6.45, 7) is -0.244. The van der Waals surface area contributed by atoms with Crippen LogP contribution < -0.4 is 5.32 Å². The maximum Gasteiger partial charge on any atom is 0.223 e. The van der Waals surface area contributed by atoms with Crippen molar-refractivity contribution >= 4 is 5.91 Å². The van der Waals surface area contributed by atoms with Crippen molar-refractivity contribution in [2.24, 2.45) is 0 Å². The Morgan fingerprint density at radius 3 is 2.41 bits per heavy atom. The van der Waals surface area contributed by atoms with Crippen molar-refractivity contribution in [2.45, 2.75) is 18.6 Å². The van der Waals surface area contributed by atoms with E-state index in [0.717, 1.165) is 5.56 Å².